The third-order valence-electron chi connectivity index (χ3n) is 2.03. The molecule has 1 aromatic carbocycles. The Labute approximate surface area is 103 Å². The van der Waals surface area contributed by atoms with Crippen LogP contribution in [0.3, 0.4) is 0 Å². The Hall–Kier alpha value is -1.32. The second kappa shape index (κ2) is 4.68. The van der Waals surface area contributed by atoms with E-state index in [9.17, 15) is 0 Å². The standard InChI is InChI=1S/C11H8Cl2N2O/c1-16-9-6-7(12)2-3-8(9)11-14-5-4-10(13)15-11/h2-6H,1H3. The van der Waals surface area contributed by atoms with Crippen LogP contribution in [0, 0.1) is 0 Å². The van der Waals surface area contributed by atoms with Crippen LogP contribution in [0.2, 0.25) is 10.2 Å². The Morgan fingerprint density at radius 3 is 2.69 bits per heavy atom. The molecule has 0 aliphatic rings. The number of aromatic nitrogens is 2. The molecule has 1 aromatic heterocycles. The van der Waals surface area contributed by atoms with E-state index in [1.165, 1.54) is 0 Å². The first kappa shape index (κ1) is 11.2. The molecule has 0 radical (unpaired) electrons. The summed E-state index contributed by atoms with van der Waals surface area (Å²) in [5, 5.41) is 0.990. The van der Waals surface area contributed by atoms with Gasteiger partial charge in [-0.2, -0.15) is 0 Å². The molecular formula is C11H8Cl2N2O. The highest BCUT2D eigenvalue weighted by Crippen LogP contribution is 2.30. The van der Waals surface area contributed by atoms with Crippen molar-refractivity contribution < 1.29 is 4.74 Å². The lowest BCUT2D eigenvalue weighted by Gasteiger charge is -2.07. The van der Waals surface area contributed by atoms with E-state index in [-0.39, 0.29) is 0 Å². The zero-order chi connectivity index (χ0) is 11.5. The molecule has 5 heteroatoms. The highest BCUT2D eigenvalue weighted by molar-refractivity contribution is 6.31. The van der Waals surface area contributed by atoms with Crippen molar-refractivity contribution in [2.75, 3.05) is 7.11 Å². The second-order valence-corrected chi connectivity index (χ2v) is 3.87. The first-order valence-electron chi connectivity index (χ1n) is 4.53. The Balaban J connectivity index is 2.55. The van der Waals surface area contributed by atoms with Gasteiger partial charge in [0.05, 0.1) is 12.7 Å². The summed E-state index contributed by atoms with van der Waals surface area (Å²) in [6, 6.07) is 6.88. The fourth-order valence-electron chi connectivity index (χ4n) is 1.32. The predicted molar refractivity (Wildman–Crippen MR) is 64.0 cm³/mol. The summed E-state index contributed by atoms with van der Waals surface area (Å²) < 4.78 is 5.21. The van der Waals surface area contributed by atoms with E-state index >= 15 is 0 Å². The van der Waals surface area contributed by atoms with Crippen LogP contribution >= 0.6 is 23.2 Å². The van der Waals surface area contributed by atoms with Crippen LogP contribution in [0.15, 0.2) is 30.5 Å². The smallest absolute Gasteiger partial charge is 0.164 e. The fourth-order valence-corrected chi connectivity index (χ4v) is 1.61. The summed E-state index contributed by atoms with van der Waals surface area (Å²) in [6.45, 7) is 0. The van der Waals surface area contributed by atoms with Gasteiger partial charge in [0.1, 0.15) is 10.9 Å². The largest absolute Gasteiger partial charge is 0.496 e. The summed E-state index contributed by atoms with van der Waals surface area (Å²) in [5.41, 5.74) is 0.759. The number of methoxy groups -OCH3 is 1. The highest BCUT2D eigenvalue weighted by atomic mass is 35.5. The van der Waals surface area contributed by atoms with Gasteiger partial charge in [0.15, 0.2) is 5.82 Å². The molecule has 0 N–H and O–H groups in total. The molecule has 0 saturated carbocycles. The highest BCUT2D eigenvalue weighted by Gasteiger charge is 2.09. The van der Waals surface area contributed by atoms with Gasteiger partial charge in [0, 0.05) is 11.2 Å². The number of halogens is 2. The van der Waals surface area contributed by atoms with E-state index in [1.54, 1.807) is 37.6 Å². The molecule has 1 heterocycles. The van der Waals surface area contributed by atoms with Crippen molar-refractivity contribution in [1.82, 2.24) is 9.97 Å². The monoisotopic (exact) mass is 254 g/mol. The lowest BCUT2D eigenvalue weighted by molar-refractivity contribution is 0.416. The summed E-state index contributed by atoms with van der Waals surface area (Å²) in [7, 11) is 1.57. The molecule has 2 rings (SSSR count). The van der Waals surface area contributed by atoms with Crippen LogP contribution in [0.5, 0.6) is 5.75 Å². The molecule has 0 bridgehead atoms. The minimum Gasteiger partial charge on any atom is -0.496 e. The molecule has 82 valence electrons. The molecule has 0 fully saturated rings. The van der Waals surface area contributed by atoms with Crippen molar-refractivity contribution in [3.63, 3.8) is 0 Å². The van der Waals surface area contributed by atoms with Crippen molar-refractivity contribution >= 4 is 23.2 Å². The molecule has 0 unspecified atom stereocenters. The third-order valence-corrected chi connectivity index (χ3v) is 2.47. The zero-order valence-corrected chi connectivity index (χ0v) is 9.96. The van der Waals surface area contributed by atoms with Crippen molar-refractivity contribution in [3.05, 3.63) is 40.6 Å². The maximum atomic E-state index is 5.87. The summed E-state index contributed by atoms with van der Waals surface area (Å²) in [4.78, 5) is 8.24. The zero-order valence-electron chi connectivity index (χ0n) is 8.45. The average molecular weight is 255 g/mol. The predicted octanol–water partition coefficient (Wildman–Crippen LogP) is 3.46. The van der Waals surface area contributed by atoms with Crippen LogP contribution in [-0.4, -0.2) is 17.1 Å². The summed E-state index contributed by atoms with van der Waals surface area (Å²) in [5.74, 6) is 1.13. The molecular weight excluding hydrogens is 247 g/mol. The van der Waals surface area contributed by atoms with Crippen molar-refractivity contribution in [2.24, 2.45) is 0 Å². The Bertz CT molecular complexity index is 517. The lowest BCUT2D eigenvalue weighted by Crippen LogP contribution is -1.92. The van der Waals surface area contributed by atoms with Gasteiger partial charge in [-0.1, -0.05) is 23.2 Å². The molecule has 0 spiro atoms. The minimum absolute atomic E-state index is 0.391. The van der Waals surface area contributed by atoms with E-state index in [1.807, 2.05) is 0 Å². The van der Waals surface area contributed by atoms with E-state index in [0.29, 0.717) is 21.7 Å². The number of nitrogens with zero attached hydrogens (tertiary/aromatic N) is 2. The van der Waals surface area contributed by atoms with Crippen molar-refractivity contribution in [3.8, 4) is 17.1 Å². The van der Waals surface area contributed by atoms with Crippen LogP contribution < -0.4 is 4.74 Å². The van der Waals surface area contributed by atoms with Crippen LogP contribution in [-0.2, 0) is 0 Å². The van der Waals surface area contributed by atoms with Gasteiger partial charge in [0.25, 0.3) is 0 Å². The average Bonchev–Trinajstić information content (AvgIpc) is 2.28. The molecule has 0 amide bonds. The Morgan fingerprint density at radius 2 is 2.00 bits per heavy atom. The van der Waals surface area contributed by atoms with Gasteiger partial charge in [-0.05, 0) is 24.3 Å². The van der Waals surface area contributed by atoms with Gasteiger partial charge in [0.2, 0.25) is 0 Å². The quantitative estimate of drug-likeness (QED) is 0.771. The number of hydrogen-bond acceptors (Lipinski definition) is 3. The molecule has 16 heavy (non-hydrogen) atoms. The maximum absolute atomic E-state index is 5.87. The number of ether oxygens (including phenoxy) is 1. The SMILES string of the molecule is COc1cc(Cl)ccc1-c1nccc(Cl)n1. The molecule has 0 aliphatic carbocycles. The van der Waals surface area contributed by atoms with Crippen LogP contribution in [0.4, 0.5) is 0 Å². The summed E-state index contributed by atoms with van der Waals surface area (Å²) >= 11 is 11.7. The molecule has 3 nitrogen and oxygen atoms in total. The number of benzene rings is 1. The van der Waals surface area contributed by atoms with E-state index in [0.717, 1.165) is 5.56 Å². The number of hydrogen-bond donors (Lipinski definition) is 0. The number of rotatable bonds is 2. The van der Waals surface area contributed by atoms with Gasteiger partial charge in [-0.3, -0.25) is 0 Å². The van der Waals surface area contributed by atoms with Gasteiger partial charge in [-0.15, -0.1) is 0 Å². The van der Waals surface area contributed by atoms with E-state index < -0.39 is 0 Å². The Morgan fingerprint density at radius 1 is 1.19 bits per heavy atom. The summed E-state index contributed by atoms with van der Waals surface area (Å²) in [6.07, 6.45) is 1.60. The molecule has 0 aliphatic heterocycles. The normalized spacial score (nSPS) is 10.2. The van der Waals surface area contributed by atoms with Crippen molar-refractivity contribution in [1.29, 1.82) is 0 Å². The van der Waals surface area contributed by atoms with Crippen molar-refractivity contribution in [2.45, 2.75) is 0 Å². The molecule has 2 aromatic rings. The lowest BCUT2D eigenvalue weighted by atomic mass is 10.2. The van der Waals surface area contributed by atoms with E-state index in [4.69, 9.17) is 27.9 Å². The fraction of sp³-hybridized carbons (Fsp3) is 0.0909. The molecule has 0 atom stereocenters. The second-order valence-electron chi connectivity index (χ2n) is 3.05. The van der Waals surface area contributed by atoms with Gasteiger partial charge in [-0.25, -0.2) is 9.97 Å². The first-order chi connectivity index (χ1) is 7.70. The topological polar surface area (TPSA) is 35.0 Å². The van der Waals surface area contributed by atoms with Gasteiger partial charge >= 0.3 is 0 Å². The van der Waals surface area contributed by atoms with Gasteiger partial charge < -0.3 is 4.74 Å². The minimum atomic E-state index is 0.391. The third kappa shape index (κ3) is 2.26. The molecule has 0 saturated heterocycles. The van der Waals surface area contributed by atoms with Crippen LogP contribution in [0.25, 0.3) is 11.4 Å². The van der Waals surface area contributed by atoms with E-state index in [2.05, 4.69) is 9.97 Å². The first-order valence-corrected chi connectivity index (χ1v) is 5.29. The van der Waals surface area contributed by atoms with Crippen LogP contribution in [0.1, 0.15) is 0 Å². The Kier molecular flexibility index (Phi) is 3.27. The maximum Gasteiger partial charge on any atom is 0.164 e.